The lowest BCUT2D eigenvalue weighted by molar-refractivity contribution is -0.342. The van der Waals surface area contributed by atoms with Gasteiger partial charge in [0.15, 0.2) is 5.79 Å². The summed E-state index contributed by atoms with van der Waals surface area (Å²) in [6.07, 6.45) is 11.3. The van der Waals surface area contributed by atoms with Crippen LogP contribution in [0, 0.1) is 29.6 Å². The quantitative estimate of drug-likeness (QED) is 0.285. The molecule has 3 saturated heterocycles. The van der Waals surface area contributed by atoms with Crippen LogP contribution < -0.4 is 0 Å². The van der Waals surface area contributed by atoms with Crippen molar-refractivity contribution in [2.45, 2.75) is 122 Å². The molecule has 4 heterocycles. The maximum absolute atomic E-state index is 14.0. The molecule has 1 spiro atoms. The van der Waals surface area contributed by atoms with Crippen LogP contribution in [0.25, 0.3) is 0 Å². The van der Waals surface area contributed by atoms with E-state index in [1.165, 1.54) is 5.57 Å². The van der Waals surface area contributed by atoms with Crippen LogP contribution in [-0.2, 0) is 23.7 Å². The third kappa shape index (κ3) is 6.52. The Labute approximate surface area is 262 Å². The molecule has 3 fully saturated rings. The summed E-state index contributed by atoms with van der Waals surface area (Å²) in [4.78, 5) is 14.0. The van der Waals surface area contributed by atoms with Crippen LogP contribution in [0.4, 0.5) is 0 Å². The molecule has 1 aliphatic carbocycles. The fraction of sp³-hybridized carbons (Fsp3) is 0.694. The van der Waals surface area contributed by atoms with Crippen molar-refractivity contribution in [1.29, 1.82) is 0 Å². The number of carbonyl (C=O) groups excluding carboxylic acids is 1. The van der Waals surface area contributed by atoms with Gasteiger partial charge in [0.25, 0.3) is 0 Å². The Morgan fingerprint density at radius 3 is 2.59 bits per heavy atom. The minimum absolute atomic E-state index is 0.0979. The van der Waals surface area contributed by atoms with Gasteiger partial charge in [-0.05, 0) is 62.7 Å². The predicted molar refractivity (Wildman–Crippen MR) is 167 cm³/mol. The Balaban J connectivity index is 1.52. The third-order valence-electron chi connectivity index (χ3n) is 10.2. The van der Waals surface area contributed by atoms with E-state index in [1.54, 1.807) is 19.1 Å². The summed E-state index contributed by atoms with van der Waals surface area (Å²) in [6.45, 7) is 14.4. The molecule has 44 heavy (non-hydrogen) atoms. The number of allylic oxidation sites excluding steroid dienone is 5. The van der Waals surface area contributed by atoms with E-state index in [4.69, 9.17) is 18.9 Å². The lowest BCUT2D eigenvalue weighted by Crippen LogP contribution is -2.58. The van der Waals surface area contributed by atoms with Gasteiger partial charge in [-0.2, -0.15) is 0 Å². The summed E-state index contributed by atoms with van der Waals surface area (Å²) in [5, 5.41) is 34.4. The first kappa shape index (κ1) is 33.1. The Morgan fingerprint density at radius 2 is 1.86 bits per heavy atom. The monoisotopic (exact) mass is 612 g/mol. The molecule has 0 unspecified atom stereocenters. The zero-order valence-electron chi connectivity index (χ0n) is 27.4. The van der Waals surface area contributed by atoms with Crippen molar-refractivity contribution in [2.75, 3.05) is 6.61 Å². The fourth-order valence-electron chi connectivity index (χ4n) is 7.90. The lowest BCUT2D eigenvalue weighted by atomic mass is 9.68. The summed E-state index contributed by atoms with van der Waals surface area (Å²) >= 11 is 0. The summed E-state index contributed by atoms with van der Waals surface area (Å²) in [5.74, 6) is -2.76. The minimum Gasteiger partial charge on any atom is -0.494 e. The topological polar surface area (TPSA) is 115 Å². The summed E-state index contributed by atoms with van der Waals surface area (Å²) in [7, 11) is 0. The van der Waals surface area contributed by atoms with Gasteiger partial charge in [0.05, 0.1) is 36.9 Å². The van der Waals surface area contributed by atoms with Gasteiger partial charge < -0.3 is 34.3 Å². The molecule has 3 N–H and O–H groups in total. The van der Waals surface area contributed by atoms with Crippen molar-refractivity contribution in [3.8, 4) is 0 Å². The Bertz CT molecular complexity index is 1240. The Morgan fingerprint density at radius 1 is 1.11 bits per heavy atom. The Hall–Kier alpha value is -2.23. The first-order chi connectivity index (χ1) is 20.7. The molecule has 0 saturated carbocycles. The molecule has 0 amide bonds. The van der Waals surface area contributed by atoms with Gasteiger partial charge in [0, 0.05) is 25.2 Å². The second-order valence-corrected chi connectivity index (χ2v) is 14.4. The molecule has 11 atom stereocenters. The highest BCUT2D eigenvalue weighted by molar-refractivity contribution is 5.78. The molecule has 244 valence electrons. The van der Waals surface area contributed by atoms with E-state index in [0.29, 0.717) is 24.3 Å². The summed E-state index contributed by atoms with van der Waals surface area (Å²) in [5.41, 5.74) is 1.13. The first-order valence-corrected chi connectivity index (χ1v) is 16.4. The van der Waals surface area contributed by atoms with Gasteiger partial charge in [-0.25, -0.2) is 0 Å². The normalized spacial score (nSPS) is 46.6. The second-order valence-electron chi connectivity index (χ2n) is 14.4. The average molecular weight is 613 g/mol. The van der Waals surface area contributed by atoms with E-state index in [2.05, 4.69) is 45.9 Å². The molecule has 8 nitrogen and oxygen atoms in total. The minimum atomic E-state index is -1.74. The van der Waals surface area contributed by atoms with Gasteiger partial charge in [-0.3, -0.25) is 4.79 Å². The molecular weight excluding hydrogens is 560 g/mol. The van der Waals surface area contributed by atoms with E-state index >= 15 is 0 Å². The smallest absolute Gasteiger partial charge is 0.316 e. The molecule has 4 aliphatic heterocycles. The number of carbonyl (C=O) groups is 1. The summed E-state index contributed by atoms with van der Waals surface area (Å²) in [6, 6.07) is 0. The van der Waals surface area contributed by atoms with Crippen molar-refractivity contribution in [3.05, 3.63) is 58.9 Å². The molecule has 5 rings (SSSR count). The first-order valence-electron chi connectivity index (χ1n) is 16.4. The largest absolute Gasteiger partial charge is 0.494 e. The maximum atomic E-state index is 14.0. The number of esters is 1. The number of ether oxygens (including phenoxy) is 4. The molecule has 0 radical (unpaired) electrons. The van der Waals surface area contributed by atoms with E-state index in [9.17, 15) is 20.1 Å². The van der Waals surface area contributed by atoms with Gasteiger partial charge in [0.1, 0.15) is 23.4 Å². The molecule has 0 aromatic carbocycles. The molecule has 8 heteroatoms. The van der Waals surface area contributed by atoms with Crippen LogP contribution in [0.3, 0.4) is 0 Å². The highest BCUT2D eigenvalue weighted by Gasteiger charge is 2.61. The van der Waals surface area contributed by atoms with Crippen molar-refractivity contribution in [1.82, 2.24) is 0 Å². The van der Waals surface area contributed by atoms with E-state index < -0.39 is 47.5 Å². The van der Waals surface area contributed by atoms with Gasteiger partial charge in [-0.1, -0.05) is 63.6 Å². The summed E-state index contributed by atoms with van der Waals surface area (Å²) < 4.78 is 25.7. The fourth-order valence-corrected chi connectivity index (χ4v) is 7.90. The standard InChI is InChI=1S/C36H52O8/c1-20(2)13-24(6)33-25(7)30(37)18-35(44-33)17-27-16-26(43-35)12-11-22(4)14-21(3)9-8-10-31-36(40)28(34(39)42-27)15-23(5)32(38)29(36)19-41-31/h8-11,13,15,20-21,25-30,32-33,37-38,40H,12,14,16-19H2,1-7H3/b9-8+,22-11+,24-13+,31-10-/t21-,25-,26+,27+,28-,29+,30+,32+,33+,35-,36+/m0/s1. The van der Waals surface area contributed by atoms with Gasteiger partial charge in [0.2, 0.25) is 0 Å². The molecule has 2 bridgehead atoms. The number of aliphatic hydroxyl groups is 3. The Kier molecular flexibility index (Phi) is 9.70. The number of hydrogen-bond donors (Lipinski definition) is 3. The molecular formula is C36H52O8. The number of rotatable bonds is 2. The number of aliphatic hydroxyl groups excluding tert-OH is 2. The predicted octanol–water partition coefficient (Wildman–Crippen LogP) is 5.29. The van der Waals surface area contributed by atoms with Crippen LogP contribution in [0.2, 0.25) is 0 Å². The van der Waals surface area contributed by atoms with Crippen molar-refractivity contribution in [2.24, 2.45) is 29.6 Å². The van der Waals surface area contributed by atoms with Crippen LogP contribution in [0.1, 0.15) is 80.6 Å². The van der Waals surface area contributed by atoms with Crippen molar-refractivity contribution < 1.29 is 39.1 Å². The van der Waals surface area contributed by atoms with E-state index in [-0.39, 0.29) is 49.3 Å². The third-order valence-corrected chi connectivity index (χ3v) is 10.2. The zero-order chi connectivity index (χ0) is 32.0. The SMILES string of the molecule is CC1=C[C@H]2C(=O)O[C@@H]3C[C@@H](C/C=C(\C)C[C@@H](C)/C=C/C=C4\OC[C@H]([C@@H]1O)[C@@]42O)O[C@]1(C3)C[C@@H](O)[C@H](C)[C@@H](/C(C)=C/C(C)C)O1. The van der Waals surface area contributed by atoms with E-state index in [1.807, 2.05) is 19.9 Å². The highest BCUT2D eigenvalue weighted by Crippen LogP contribution is 2.49. The van der Waals surface area contributed by atoms with Crippen LogP contribution in [0.15, 0.2) is 58.9 Å². The number of hydrogen-bond acceptors (Lipinski definition) is 8. The number of fused-ring (bicyclic) bond motifs is 2. The molecule has 5 aliphatic rings. The van der Waals surface area contributed by atoms with Gasteiger partial charge >= 0.3 is 5.97 Å². The van der Waals surface area contributed by atoms with Crippen molar-refractivity contribution >= 4 is 5.97 Å². The van der Waals surface area contributed by atoms with Crippen LogP contribution in [0.5, 0.6) is 0 Å². The van der Waals surface area contributed by atoms with Crippen LogP contribution in [-0.4, -0.2) is 69.8 Å². The average Bonchev–Trinajstić information content (AvgIpc) is 3.27. The zero-order valence-corrected chi connectivity index (χ0v) is 27.4. The maximum Gasteiger partial charge on any atom is 0.316 e. The lowest BCUT2D eigenvalue weighted by Gasteiger charge is -2.51. The van der Waals surface area contributed by atoms with Gasteiger partial charge in [-0.15, -0.1) is 0 Å². The second kappa shape index (κ2) is 12.9. The molecule has 0 aromatic heterocycles. The van der Waals surface area contributed by atoms with Crippen LogP contribution >= 0.6 is 0 Å². The highest BCUT2D eigenvalue weighted by atomic mass is 16.7. The molecule has 0 aromatic rings. The van der Waals surface area contributed by atoms with Crippen molar-refractivity contribution in [3.63, 3.8) is 0 Å². The van der Waals surface area contributed by atoms with E-state index in [0.717, 1.165) is 12.0 Å².